The van der Waals surface area contributed by atoms with Gasteiger partial charge in [-0.25, -0.2) is 0 Å². The molecule has 1 aliphatic carbocycles. The van der Waals surface area contributed by atoms with Gasteiger partial charge >= 0.3 is 0 Å². The van der Waals surface area contributed by atoms with E-state index in [2.05, 4.69) is 21.2 Å². The van der Waals surface area contributed by atoms with Crippen LogP contribution in [0.1, 0.15) is 68.8 Å². The lowest BCUT2D eigenvalue weighted by Crippen LogP contribution is -2.56. The number of likely N-dealkylation sites (tertiary alicyclic amines) is 2. The van der Waals surface area contributed by atoms with Crippen LogP contribution in [0.2, 0.25) is 0 Å². The highest BCUT2D eigenvalue weighted by Crippen LogP contribution is 2.39. The van der Waals surface area contributed by atoms with Gasteiger partial charge in [0.1, 0.15) is 0 Å². The normalized spacial score (nSPS) is 26.9. The number of hydrogen-bond donors (Lipinski definition) is 1. The number of hydrogen-bond acceptors (Lipinski definition) is 6. The standard InChI is InChI=1S/C21H30N6O2/c1-15(28)26-10-2-9-21(29,14-26)13-25-11-7-17(8-12-25)20-23-22-19-6-5-18(16-3-4-16)24-27(19)20/h5-6,16-17,29H,2-4,7-14H2,1H3. The highest BCUT2D eigenvalue weighted by atomic mass is 16.3. The Bertz CT molecular complexity index is 902. The first kappa shape index (κ1) is 18.9. The molecule has 0 aromatic carbocycles. The van der Waals surface area contributed by atoms with E-state index in [1.165, 1.54) is 12.8 Å². The zero-order valence-electron chi connectivity index (χ0n) is 17.1. The SMILES string of the molecule is CC(=O)N1CCCC(O)(CN2CCC(c3nnc4ccc(C5CC5)nn34)CC2)C1. The maximum Gasteiger partial charge on any atom is 0.219 e. The fraction of sp³-hybridized carbons (Fsp3) is 0.714. The van der Waals surface area contributed by atoms with Crippen molar-refractivity contribution in [3.8, 4) is 0 Å². The van der Waals surface area contributed by atoms with E-state index in [9.17, 15) is 9.90 Å². The Morgan fingerprint density at radius 2 is 1.93 bits per heavy atom. The van der Waals surface area contributed by atoms with Crippen LogP contribution in [-0.2, 0) is 4.79 Å². The number of rotatable bonds is 4. The number of aliphatic hydroxyl groups is 1. The second-order valence-electron chi connectivity index (χ2n) is 9.18. The van der Waals surface area contributed by atoms with Gasteiger partial charge in [-0.1, -0.05) is 0 Å². The van der Waals surface area contributed by atoms with Gasteiger partial charge in [0.05, 0.1) is 17.8 Å². The van der Waals surface area contributed by atoms with Crippen LogP contribution in [0.4, 0.5) is 0 Å². The summed E-state index contributed by atoms with van der Waals surface area (Å²) in [6.07, 6.45) is 6.08. The minimum Gasteiger partial charge on any atom is -0.387 e. The van der Waals surface area contributed by atoms with Gasteiger partial charge in [0, 0.05) is 31.8 Å². The highest BCUT2D eigenvalue weighted by Gasteiger charge is 2.37. The van der Waals surface area contributed by atoms with Gasteiger partial charge in [0.15, 0.2) is 11.5 Å². The van der Waals surface area contributed by atoms with Crippen LogP contribution in [0.3, 0.4) is 0 Å². The van der Waals surface area contributed by atoms with E-state index >= 15 is 0 Å². The maximum atomic E-state index is 11.7. The van der Waals surface area contributed by atoms with E-state index in [4.69, 9.17) is 5.10 Å². The Labute approximate surface area is 170 Å². The number of nitrogens with zero attached hydrogens (tertiary/aromatic N) is 6. The molecule has 1 N–H and O–H groups in total. The summed E-state index contributed by atoms with van der Waals surface area (Å²) in [5, 5.41) is 24.7. The number of aromatic nitrogens is 4. The minimum atomic E-state index is -0.793. The van der Waals surface area contributed by atoms with Crippen LogP contribution in [0, 0.1) is 0 Å². The zero-order valence-corrected chi connectivity index (χ0v) is 17.1. The minimum absolute atomic E-state index is 0.0542. The van der Waals surface area contributed by atoms with E-state index in [-0.39, 0.29) is 5.91 Å². The third-order valence-corrected chi connectivity index (χ3v) is 6.77. The lowest BCUT2D eigenvalue weighted by Gasteiger charge is -2.43. The van der Waals surface area contributed by atoms with Crippen molar-refractivity contribution in [2.45, 2.75) is 62.9 Å². The molecule has 5 rings (SSSR count). The molecular weight excluding hydrogens is 368 g/mol. The summed E-state index contributed by atoms with van der Waals surface area (Å²) in [7, 11) is 0. The molecule has 2 aliphatic heterocycles. The van der Waals surface area contributed by atoms with Crippen molar-refractivity contribution >= 4 is 11.6 Å². The molecule has 8 heteroatoms. The van der Waals surface area contributed by atoms with Crippen LogP contribution >= 0.6 is 0 Å². The molecule has 2 aromatic rings. The predicted molar refractivity (Wildman–Crippen MR) is 108 cm³/mol. The number of piperidine rings is 2. The van der Waals surface area contributed by atoms with Crippen molar-refractivity contribution in [3.63, 3.8) is 0 Å². The molecule has 29 heavy (non-hydrogen) atoms. The van der Waals surface area contributed by atoms with Crippen molar-refractivity contribution in [1.82, 2.24) is 29.6 Å². The topological polar surface area (TPSA) is 86.9 Å². The average molecular weight is 399 g/mol. The third kappa shape index (κ3) is 3.88. The number of carbonyl (C=O) groups excluding carboxylic acids is 1. The number of amides is 1. The van der Waals surface area contributed by atoms with E-state index in [0.717, 1.165) is 62.5 Å². The van der Waals surface area contributed by atoms with Crippen molar-refractivity contribution < 1.29 is 9.90 Å². The Balaban J connectivity index is 1.23. The Morgan fingerprint density at radius 1 is 1.14 bits per heavy atom. The van der Waals surface area contributed by atoms with Gasteiger partial charge in [-0.15, -0.1) is 10.2 Å². The van der Waals surface area contributed by atoms with Crippen LogP contribution in [0.25, 0.3) is 5.65 Å². The Hall–Kier alpha value is -2.06. The summed E-state index contributed by atoms with van der Waals surface area (Å²) in [6.45, 7) is 5.27. The molecule has 3 fully saturated rings. The monoisotopic (exact) mass is 398 g/mol. The van der Waals surface area contributed by atoms with Crippen LogP contribution in [0.5, 0.6) is 0 Å². The highest BCUT2D eigenvalue weighted by molar-refractivity contribution is 5.73. The molecule has 4 heterocycles. The number of fused-ring (bicyclic) bond motifs is 1. The summed E-state index contributed by atoms with van der Waals surface area (Å²) < 4.78 is 1.95. The molecule has 1 saturated carbocycles. The van der Waals surface area contributed by atoms with Crippen LogP contribution in [-0.4, -0.2) is 78.9 Å². The van der Waals surface area contributed by atoms with Crippen molar-refractivity contribution in [3.05, 3.63) is 23.7 Å². The first-order valence-electron chi connectivity index (χ1n) is 10.9. The third-order valence-electron chi connectivity index (χ3n) is 6.77. The molecule has 1 amide bonds. The molecule has 0 spiro atoms. The Morgan fingerprint density at radius 3 is 2.66 bits per heavy atom. The quantitative estimate of drug-likeness (QED) is 0.841. The van der Waals surface area contributed by atoms with Gasteiger partial charge in [0.25, 0.3) is 0 Å². The first-order valence-corrected chi connectivity index (χ1v) is 10.9. The van der Waals surface area contributed by atoms with E-state index in [1.807, 2.05) is 10.6 Å². The van der Waals surface area contributed by atoms with Gasteiger partial charge in [-0.2, -0.15) is 9.61 Å². The number of β-amino-alcohol motifs (C(OH)–C–C–N with tert-alkyl or cyclic N) is 1. The Kier molecular flexibility index (Phi) is 4.78. The smallest absolute Gasteiger partial charge is 0.219 e. The molecule has 1 unspecified atom stereocenters. The van der Waals surface area contributed by atoms with Gasteiger partial charge in [-0.05, 0) is 63.7 Å². The second kappa shape index (κ2) is 7.32. The van der Waals surface area contributed by atoms with Gasteiger partial charge in [0.2, 0.25) is 5.91 Å². The summed E-state index contributed by atoms with van der Waals surface area (Å²) in [6, 6.07) is 4.12. The van der Waals surface area contributed by atoms with Gasteiger partial charge < -0.3 is 14.9 Å². The number of carbonyl (C=O) groups is 1. The average Bonchev–Trinajstić information content (AvgIpc) is 3.48. The summed E-state index contributed by atoms with van der Waals surface area (Å²) in [5.74, 6) is 1.99. The van der Waals surface area contributed by atoms with Gasteiger partial charge in [-0.3, -0.25) is 4.79 Å². The summed E-state index contributed by atoms with van der Waals surface area (Å²) >= 11 is 0. The van der Waals surface area contributed by atoms with E-state index in [1.54, 1.807) is 11.8 Å². The zero-order chi connectivity index (χ0) is 20.0. The largest absolute Gasteiger partial charge is 0.387 e. The van der Waals surface area contributed by atoms with Crippen LogP contribution < -0.4 is 0 Å². The molecule has 2 aromatic heterocycles. The van der Waals surface area contributed by atoms with E-state index in [0.29, 0.717) is 24.9 Å². The molecule has 0 bridgehead atoms. The van der Waals surface area contributed by atoms with Crippen molar-refractivity contribution in [2.24, 2.45) is 0 Å². The van der Waals surface area contributed by atoms with E-state index < -0.39 is 5.60 Å². The molecule has 3 aliphatic rings. The van der Waals surface area contributed by atoms with Crippen molar-refractivity contribution in [1.29, 1.82) is 0 Å². The summed E-state index contributed by atoms with van der Waals surface area (Å²) in [5.41, 5.74) is 1.19. The first-order chi connectivity index (χ1) is 14.0. The molecule has 156 valence electrons. The van der Waals surface area contributed by atoms with Crippen molar-refractivity contribution in [2.75, 3.05) is 32.7 Å². The molecule has 8 nitrogen and oxygen atoms in total. The molecule has 1 atom stereocenters. The lowest BCUT2D eigenvalue weighted by molar-refractivity contribution is -0.137. The fourth-order valence-electron chi connectivity index (χ4n) is 4.95. The molecule has 2 saturated heterocycles. The second-order valence-corrected chi connectivity index (χ2v) is 9.18. The van der Waals surface area contributed by atoms with Crippen LogP contribution in [0.15, 0.2) is 12.1 Å². The molecule has 0 radical (unpaired) electrons. The lowest BCUT2D eigenvalue weighted by atomic mass is 9.90. The summed E-state index contributed by atoms with van der Waals surface area (Å²) in [4.78, 5) is 15.8. The maximum absolute atomic E-state index is 11.7. The predicted octanol–water partition coefficient (Wildman–Crippen LogP) is 1.55. The fourth-order valence-corrected chi connectivity index (χ4v) is 4.95. The molecular formula is C21H30N6O2.